The molecule has 0 aliphatic rings. The minimum absolute atomic E-state index is 0.677. The fraction of sp³-hybridized carbons (Fsp3) is 0.700. The maximum Gasteiger partial charge on any atom is 0.328 e. The van der Waals surface area contributed by atoms with Crippen molar-refractivity contribution in [2.24, 2.45) is 0 Å². The molecule has 0 radical (unpaired) electrons. The van der Waals surface area contributed by atoms with Gasteiger partial charge < -0.3 is 10.4 Å². The number of rotatable bonds is 7. The fourth-order valence-corrected chi connectivity index (χ4v) is 1.05. The normalized spacial score (nSPS) is 11.7. The van der Waals surface area contributed by atoms with Gasteiger partial charge in [0.05, 0.1) is 0 Å². The van der Waals surface area contributed by atoms with Gasteiger partial charge in [-0.25, -0.2) is 4.79 Å². The zero-order valence-electron chi connectivity index (χ0n) is 8.47. The SMILES string of the molecule is CCCCCNCC(C)=CC(=O)O. The Morgan fingerprint density at radius 2 is 2.15 bits per heavy atom. The summed E-state index contributed by atoms with van der Waals surface area (Å²) in [5, 5.41) is 11.6. The minimum atomic E-state index is -0.868. The highest BCUT2D eigenvalue weighted by molar-refractivity contribution is 5.80. The molecule has 0 aliphatic carbocycles. The van der Waals surface area contributed by atoms with E-state index in [0.717, 1.165) is 18.5 Å². The van der Waals surface area contributed by atoms with Gasteiger partial charge >= 0.3 is 5.97 Å². The molecule has 0 aromatic carbocycles. The van der Waals surface area contributed by atoms with Crippen LogP contribution in [0.2, 0.25) is 0 Å². The van der Waals surface area contributed by atoms with Crippen molar-refractivity contribution >= 4 is 5.97 Å². The third-order valence-electron chi connectivity index (χ3n) is 1.73. The first-order valence-corrected chi connectivity index (χ1v) is 4.77. The number of aliphatic carboxylic acids is 1. The summed E-state index contributed by atoms with van der Waals surface area (Å²) in [5.74, 6) is -0.868. The highest BCUT2D eigenvalue weighted by atomic mass is 16.4. The average Bonchev–Trinajstić information content (AvgIpc) is 2.02. The average molecular weight is 185 g/mol. The van der Waals surface area contributed by atoms with E-state index in [4.69, 9.17) is 5.11 Å². The van der Waals surface area contributed by atoms with Crippen molar-refractivity contribution in [2.45, 2.75) is 33.1 Å². The molecule has 0 saturated heterocycles. The van der Waals surface area contributed by atoms with Gasteiger partial charge in [-0.15, -0.1) is 0 Å². The van der Waals surface area contributed by atoms with Gasteiger partial charge in [0, 0.05) is 12.6 Å². The third-order valence-corrected chi connectivity index (χ3v) is 1.73. The summed E-state index contributed by atoms with van der Waals surface area (Å²) in [6.45, 7) is 5.63. The lowest BCUT2D eigenvalue weighted by Gasteiger charge is -2.03. The fourth-order valence-electron chi connectivity index (χ4n) is 1.05. The van der Waals surface area contributed by atoms with Crippen LogP contribution in [0.1, 0.15) is 33.1 Å². The first kappa shape index (κ1) is 12.2. The highest BCUT2D eigenvalue weighted by Crippen LogP contribution is 1.93. The lowest BCUT2D eigenvalue weighted by atomic mass is 10.2. The summed E-state index contributed by atoms with van der Waals surface area (Å²) in [7, 11) is 0. The monoisotopic (exact) mass is 185 g/mol. The van der Waals surface area contributed by atoms with Crippen LogP contribution in [-0.4, -0.2) is 24.2 Å². The molecule has 3 nitrogen and oxygen atoms in total. The molecule has 0 bridgehead atoms. The van der Waals surface area contributed by atoms with Gasteiger partial charge in [-0.2, -0.15) is 0 Å². The van der Waals surface area contributed by atoms with E-state index in [1.165, 1.54) is 18.9 Å². The second-order valence-corrected chi connectivity index (χ2v) is 3.21. The van der Waals surface area contributed by atoms with Crippen molar-refractivity contribution < 1.29 is 9.90 Å². The van der Waals surface area contributed by atoms with E-state index < -0.39 is 5.97 Å². The summed E-state index contributed by atoms with van der Waals surface area (Å²) in [5.41, 5.74) is 0.865. The summed E-state index contributed by atoms with van der Waals surface area (Å²) in [4.78, 5) is 10.2. The predicted octanol–water partition coefficient (Wildman–Crippen LogP) is 1.80. The molecular weight excluding hydrogens is 166 g/mol. The molecule has 3 heteroatoms. The van der Waals surface area contributed by atoms with Crippen LogP contribution < -0.4 is 5.32 Å². The van der Waals surface area contributed by atoms with Crippen LogP contribution in [0, 0.1) is 0 Å². The third kappa shape index (κ3) is 9.08. The van der Waals surface area contributed by atoms with Gasteiger partial charge in [-0.3, -0.25) is 0 Å². The number of carbonyl (C=O) groups is 1. The van der Waals surface area contributed by atoms with Gasteiger partial charge in [0.25, 0.3) is 0 Å². The summed E-state index contributed by atoms with van der Waals surface area (Å²) >= 11 is 0. The topological polar surface area (TPSA) is 49.3 Å². The van der Waals surface area contributed by atoms with Gasteiger partial charge in [-0.05, 0) is 19.9 Å². The number of carboxylic acids is 1. The molecule has 0 aromatic rings. The zero-order valence-corrected chi connectivity index (χ0v) is 8.47. The van der Waals surface area contributed by atoms with E-state index in [2.05, 4.69) is 12.2 Å². The molecule has 0 amide bonds. The molecule has 2 N–H and O–H groups in total. The molecule has 0 atom stereocenters. The van der Waals surface area contributed by atoms with Crippen molar-refractivity contribution in [1.29, 1.82) is 0 Å². The Labute approximate surface area is 79.8 Å². The molecule has 0 aliphatic heterocycles. The van der Waals surface area contributed by atoms with Crippen molar-refractivity contribution in [2.75, 3.05) is 13.1 Å². The molecule has 13 heavy (non-hydrogen) atoms. The predicted molar refractivity (Wildman–Crippen MR) is 53.8 cm³/mol. The molecular formula is C10H19NO2. The Morgan fingerprint density at radius 1 is 1.46 bits per heavy atom. The maximum atomic E-state index is 10.2. The van der Waals surface area contributed by atoms with E-state index in [1.54, 1.807) is 0 Å². The van der Waals surface area contributed by atoms with Crippen LogP contribution in [-0.2, 0) is 4.79 Å². The van der Waals surface area contributed by atoms with Crippen molar-refractivity contribution in [3.05, 3.63) is 11.6 Å². The van der Waals surface area contributed by atoms with E-state index in [0.29, 0.717) is 6.54 Å². The molecule has 0 unspecified atom stereocenters. The van der Waals surface area contributed by atoms with Crippen LogP contribution in [0.4, 0.5) is 0 Å². The molecule has 0 heterocycles. The van der Waals surface area contributed by atoms with Crippen LogP contribution in [0.5, 0.6) is 0 Å². The van der Waals surface area contributed by atoms with Crippen LogP contribution in [0.3, 0.4) is 0 Å². The quantitative estimate of drug-likeness (QED) is 0.469. The Balaban J connectivity index is 3.37. The van der Waals surface area contributed by atoms with Gasteiger partial charge in [0.2, 0.25) is 0 Å². The Morgan fingerprint density at radius 3 is 2.69 bits per heavy atom. The lowest BCUT2D eigenvalue weighted by Crippen LogP contribution is -2.17. The van der Waals surface area contributed by atoms with Crippen molar-refractivity contribution in [3.8, 4) is 0 Å². The lowest BCUT2D eigenvalue weighted by molar-refractivity contribution is -0.131. The van der Waals surface area contributed by atoms with Crippen LogP contribution in [0.25, 0.3) is 0 Å². The highest BCUT2D eigenvalue weighted by Gasteiger charge is 1.93. The van der Waals surface area contributed by atoms with E-state index in [9.17, 15) is 4.79 Å². The smallest absolute Gasteiger partial charge is 0.328 e. The zero-order chi connectivity index (χ0) is 10.1. The van der Waals surface area contributed by atoms with Crippen LogP contribution in [0.15, 0.2) is 11.6 Å². The Hall–Kier alpha value is -0.830. The standard InChI is InChI=1S/C10H19NO2/c1-3-4-5-6-11-8-9(2)7-10(12)13/h7,11H,3-6,8H2,1-2H3,(H,12,13). The molecule has 0 fully saturated rings. The van der Waals surface area contributed by atoms with E-state index in [-0.39, 0.29) is 0 Å². The Kier molecular flexibility index (Phi) is 7.30. The minimum Gasteiger partial charge on any atom is -0.478 e. The Bertz CT molecular complexity index is 176. The summed E-state index contributed by atoms with van der Waals surface area (Å²) in [6.07, 6.45) is 4.85. The second-order valence-electron chi connectivity index (χ2n) is 3.21. The van der Waals surface area contributed by atoms with Crippen LogP contribution >= 0.6 is 0 Å². The van der Waals surface area contributed by atoms with Crippen molar-refractivity contribution in [3.63, 3.8) is 0 Å². The number of nitrogens with one attached hydrogen (secondary N) is 1. The molecule has 76 valence electrons. The summed E-state index contributed by atoms with van der Waals surface area (Å²) in [6, 6.07) is 0. The number of hydrogen-bond donors (Lipinski definition) is 2. The molecule has 0 rings (SSSR count). The maximum absolute atomic E-state index is 10.2. The number of unbranched alkanes of at least 4 members (excludes halogenated alkanes) is 2. The number of carboxylic acid groups (broad SMARTS) is 1. The largest absolute Gasteiger partial charge is 0.478 e. The molecule has 0 aromatic heterocycles. The molecule has 0 spiro atoms. The van der Waals surface area contributed by atoms with Crippen molar-refractivity contribution in [1.82, 2.24) is 5.32 Å². The van der Waals surface area contributed by atoms with Gasteiger partial charge in [0.1, 0.15) is 0 Å². The first-order chi connectivity index (χ1) is 6.16. The van der Waals surface area contributed by atoms with Gasteiger partial charge in [-0.1, -0.05) is 25.3 Å². The first-order valence-electron chi connectivity index (χ1n) is 4.77. The number of hydrogen-bond acceptors (Lipinski definition) is 2. The van der Waals surface area contributed by atoms with Gasteiger partial charge in [0.15, 0.2) is 0 Å². The molecule has 0 saturated carbocycles. The second kappa shape index (κ2) is 7.80. The summed E-state index contributed by atoms with van der Waals surface area (Å²) < 4.78 is 0. The van der Waals surface area contributed by atoms with E-state index >= 15 is 0 Å². The van der Waals surface area contributed by atoms with E-state index in [1.807, 2.05) is 6.92 Å².